The predicted octanol–water partition coefficient (Wildman–Crippen LogP) is 4.24. The highest BCUT2D eigenvalue weighted by Crippen LogP contribution is 2.70. The zero-order valence-electron chi connectivity index (χ0n) is 11.9. The van der Waals surface area contributed by atoms with Crippen molar-refractivity contribution in [3.05, 3.63) is 35.4 Å². The second-order valence-corrected chi connectivity index (χ2v) is 5.55. The lowest BCUT2D eigenvalue weighted by atomic mass is 9.87. The molecule has 1 saturated carbocycles. The third-order valence-corrected chi connectivity index (χ3v) is 4.08. The van der Waals surface area contributed by atoms with Crippen molar-refractivity contribution in [1.29, 1.82) is 5.26 Å². The van der Waals surface area contributed by atoms with E-state index in [4.69, 9.17) is 5.26 Å². The van der Waals surface area contributed by atoms with E-state index in [2.05, 4.69) is 0 Å². The van der Waals surface area contributed by atoms with Gasteiger partial charge in [0.2, 0.25) is 0 Å². The van der Waals surface area contributed by atoms with Gasteiger partial charge in [-0.05, 0) is 17.7 Å². The molecular formula is C14H8F9NO. The topological polar surface area (TPSA) is 44.0 Å². The van der Waals surface area contributed by atoms with Crippen LogP contribution in [-0.2, 0) is 0 Å². The molecular weight excluding hydrogens is 369 g/mol. The zero-order chi connectivity index (χ0) is 19.5. The monoisotopic (exact) mass is 377 g/mol. The fourth-order valence-electron chi connectivity index (χ4n) is 2.51. The van der Waals surface area contributed by atoms with E-state index in [1.165, 1.54) is 0 Å². The third kappa shape index (κ3) is 2.16. The van der Waals surface area contributed by atoms with E-state index in [0.717, 1.165) is 24.3 Å². The van der Waals surface area contributed by atoms with Crippen molar-refractivity contribution in [2.75, 3.05) is 0 Å². The van der Waals surface area contributed by atoms with E-state index < -0.39 is 47.4 Å². The van der Waals surface area contributed by atoms with Gasteiger partial charge in [-0.2, -0.15) is 40.4 Å². The van der Waals surface area contributed by atoms with Crippen LogP contribution in [0.1, 0.15) is 23.7 Å². The van der Waals surface area contributed by atoms with Gasteiger partial charge in [0, 0.05) is 6.42 Å². The summed E-state index contributed by atoms with van der Waals surface area (Å²) in [6.45, 7) is 0. The van der Waals surface area contributed by atoms with Gasteiger partial charge < -0.3 is 5.11 Å². The molecule has 1 unspecified atom stereocenters. The van der Waals surface area contributed by atoms with Crippen molar-refractivity contribution < 1.29 is 44.6 Å². The number of hydrogen-bond acceptors (Lipinski definition) is 2. The molecule has 0 bridgehead atoms. The normalized spacial score (nSPS) is 26.0. The van der Waals surface area contributed by atoms with Crippen LogP contribution in [0.4, 0.5) is 39.5 Å². The van der Waals surface area contributed by atoms with Gasteiger partial charge in [0.15, 0.2) is 0 Å². The summed E-state index contributed by atoms with van der Waals surface area (Å²) in [5, 5.41) is 18.2. The van der Waals surface area contributed by atoms with Gasteiger partial charge in [0.05, 0.1) is 17.7 Å². The van der Waals surface area contributed by atoms with Crippen LogP contribution in [0.2, 0.25) is 0 Å². The van der Waals surface area contributed by atoms with Crippen molar-refractivity contribution >= 4 is 0 Å². The number of benzene rings is 1. The van der Waals surface area contributed by atoms with Crippen molar-refractivity contribution in [1.82, 2.24) is 0 Å². The maximum absolute atomic E-state index is 14.3. The van der Waals surface area contributed by atoms with E-state index in [0.29, 0.717) is 0 Å². The first-order valence-corrected chi connectivity index (χ1v) is 6.55. The first-order valence-electron chi connectivity index (χ1n) is 6.55. The summed E-state index contributed by atoms with van der Waals surface area (Å²) in [5.74, 6) is -26.2. The summed E-state index contributed by atoms with van der Waals surface area (Å²) >= 11 is 0. The molecule has 1 fully saturated rings. The average molecular weight is 377 g/mol. The molecule has 0 saturated heterocycles. The SMILES string of the molecule is N#Cc1ccc(C(O)CC2(F)C(F)(F)C(F)(F)C(F)(F)C2(F)F)cc1. The van der Waals surface area contributed by atoms with Crippen LogP contribution in [0.3, 0.4) is 0 Å². The second-order valence-electron chi connectivity index (χ2n) is 5.55. The molecule has 11 heteroatoms. The smallest absolute Gasteiger partial charge is 0.381 e. The highest BCUT2D eigenvalue weighted by molar-refractivity contribution is 5.34. The Labute approximate surface area is 134 Å². The Balaban J connectivity index is 2.47. The van der Waals surface area contributed by atoms with Gasteiger partial charge in [-0.3, -0.25) is 0 Å². The van der Waals surface area contributed by atoms with Gasteiger partial charge >= 0.3 is 23.7 Å². The van der Waals surface area contributed by atoms with Gasteiger partial charge in [-0.15, -0.1) is 0 Å². The molecule has 2 nitrogen and oxygen atoms in total. The first-order chi connectivity index (χ1) is 11.2. The maximum Gasteiger partial charge on any atom is 0.381 e. The molecule has 1 aliphatic carbocycles. The van der Waals surface area contributed by atoms with E-state index >= 15 is 0 Å². The maximum atomic E-state index is 14.3. The fraction of sp³-hybridized carbons (Fsp3) is 0.500. The average Bonchev–Trinajstić information content (AvgIpc) is 2.57. The molecule has 138 valence electrons. The molecule has 1 aliphatic rings. The zero-order valence-corrected chi connectivity index (χ0v) is 11.9. The van der Waals surface area contributed by atoms with Crippen LogP contribution in [0.5, 0.6) is 0 Å². The Kier molecular flexibility index (Phi) is 4.08. The van der Waals surface area contributed by atoms with Crippen LogP contribution in [0.25, 0.3) is 0 Å². The van der Waals surface area contributed by atoms with E-state index in [-0.39, 0.29) is 5.56 Å². The number of aliphatic hydroxyl groups excluding tert-OH is 1. The van der Waals surface area contributed by atoms with Crippen molar-refractivity contribution in [2.24, 2.45) is 0 Å². The molecule has 1 aromatic rings. The number of halogens is 9. The molecule has 0 amide bonds. The standard InChI is InChI=1S/C14H8F9NO/c15-10(5-9(25)8-3-1-7(6-24)2-4-8)11(16,17)13(20,21)14(22,23)12(10,18)19/h1-4,9,25H,5H2. The molecule has 0 heterocycles. The number of hydrogen-bond donors (Lipinski definition) is 1. The minimum absolute atomic E-state index is 0.000467. The summed E-state index contributed by atoms with van der Waals surface area (Å²) in [7, 11) is 0. The number of alkyl halides is 9. The molecule has 1 atom stereocenters. The molecule has 0 spiro atoms. The van der Waals surface area contributed by atoms with Crippen molar-refractivity contribution in [2.45, 2.75) is 41.9 Å². The van der Waals surface area contributed by atoms with Crippen molar-refractivity contribution in [3.8, 4) is 6.07 Å². The first kappa shape index (κ1) is 19.4. The fourth-order valence-corrected chi connectivity index (χ4v) is 2.51. The Hall–Kier alpha value is -1.96. The lowest BCUT2D eigenvalue weighted by Crippen LogP contribution is -2.55. The summed E-state index contributed by atoms with van der Waals surface area (Å²) in [6.07, 6.45) is -4.94. The van der Waals surface area contributed by atoms with E-state index in [1.807, 2.05) is 0 Å². The lowest BCUT2D eigenvalue weighted by molar-refractivity contribution is -0.303. The van der Waals surface area contributed by atoms with Crippen LogP contribution in [0, 0.1) is 11.3 Å². The van der Waals surface area contributed by atoms with Crippen LogP contribution in [0.15, 0.2) is 24.3 Å². The van der Waals surface area contributed by atoms with Crippen LogP contribution < -0.4 is 0 Å². The second kappa shape index (κ2) is 5.27. The Bertz CT molecular complexity index is 682. The minimum Gasteiger partial charge on any atom is -0.388 e. The quantitative estimate of drug-likeness (QED) is 0.801. The third-order valence-electron chi connectivity index (χ3n) is 4.08. The van der Waals surface area contributed by atoms with Crippen LogP contribution in [-0.4, -0.2) is 34.5 Å². The number of aliphatic hydroxyl groups is 1. The highest BCUT2D eigenvalue weighted by atomic mass is 19.4. The van der Waals surface area contributed by atoms with Gasteiger partial charge in [-0.25, -0.2) is 4.39 Å². The summed E-state index contributed by atoms with van der Waals surface area (Å²) in [4.78, 5) is 0. The van der Waals surface area contributed by atoms with E-state index in [1.54, 1.807) is 6.07 Å². The summed E-state index contributed by atoms with van der Waals surface area (Å²) in [6, 6.07) is 5.33. The molecule has 25 heavy (non-hydrogen) atoms. The highest BCUT2D eigenvalue weighted by Gasteiger charge is 3.00. The molecule has 0 radical (unpaired) electrons. The minimum atomic E-state index is -6.66. The molecule has 1 N–H and O–H groups in total. The number of rotatable bonds is 3. The predicted molar refractivity (Wildman–Crippen MR) is 64.4 cm³/mol. The van der Waals surface area contributed by atoms with Crippen molar-refractivity contribution in [3.63, 3.8) is 0 Å². The van der Waals surface area contributed by atoms with E-state index in [9.17, 15) is 44.6 Å². The molecule has 2 rings (SSSR count). The number of nitriles is 1. The van der Waals surface area contributed by atoms with Gasteiger partial charge in [0.1, 0.15) is 0 Å². The lowest BCUT2D eigenvalue weighted by Gasteiger charge is -2.32. The van der Waals surface area contributed by atoms with Crippen LogP contribution >= 0.6 is 0 Å². The molecule has 0 aromatic heterocycles. The Morgan fingerprint density at radius 3 is 1.56 bits per heavy atom. The summed E-state index contributed by atoms with van der Waals surface area (Å²) < 4.78 is 121. The largest absolute Gasteiger partial charge is 0.388 e. The van der Waals surface area contributed by atoms with Gasteiger partial charge in [0.25, 0.3) is 5.67 Å². The molecule has 1 aromatic carbocycles. The molecule has 0 aliphatic heterocycles. The number of nitrogens with zero attached hydrogens (tertiary/aromatic N) is 1. The Morgan fingerprint density at radius 1 is 0.800 bits per heavy atom. The Morgan fingerprint density at radius 2 is 1.20 bits per heavy atom. The van der Waals surface area contributed by atoms with Gasteiger partial charge in [-0.1, -0.05) is 12.1 Å². The summed E-state index contributed by atoms with van der Waals surface area (Å²) in [5.41, 5.74) is -6.21.